The van der Waals surface area contributed by atoms with E-state index in [0.717, 1.165) is 12.0 Å². The van der Waals surface area contributed by atoms with Crippen LogP contribution in [-0.4, -0.2) is 29.4 Å². The molecule has 0 aliphatic rings. The van der Waals surface area contributed by atoms with Crippen LogP contribution in [0.5, 0.6) is 5.75 Å². The average Bonchev–Trinajstić information content (AvgIpc) is 2.65. The molecule has 1 unspecified atom stereocenters. The molecule has 0 saturated heterocycles. The number of nitriles is 1. The second kappa shape index (κ2) is 9.22. The number of rotatable bonds is 8. The van der Waals surface area contributed by atoms with Gasteiger partial charge in [0.2, 0.25) is 0 Å². The molecule has 3 N–H and O–H groups in total. The Hall–Kier alpha value is -2.56. The van der Waals surface area contributed by atoms with E-state index in [4.69, 9.17) is 15.1 Å². The van der Waals surface area contributed by atoms with Crippen molar-refractivity contribution in [3.63, 3.8) is 0 Å². The normalized spacial score (nSPS) is 11.5. The lowest BCUT2D eigenvalue weighted by molar-refractivity contribution is -0.138. The van der Waals surface area contributed by atoms with Crippen molar-refractivity contribution < 1.29 is 19.7 Å². The highest BCUT2D eigenvalue weighted by Gasteiger charge is 2.26. The molecule has 0 heterocycles. The lowest BCUT2D eigenvalue weighted by Gasteiger charge is -2.21. The summed E-state index contributed by atoms with van der Waals surface area (Å²) in [6.45, 7) is 1.85. The molecule has 1 atom stereocenters. The summed E-state index contributed by atoms with van der Waals surface area (Å²) in [6, 6.07) is 11.2. The minimum Gasteiger partial charge on any atom is -0.490 e. The fraction of sp³-hybridized carbons (Fsp3) is 0.263. The van der Waals surface area contributed by atoms with Gasteiger partial charge in [0.25, 0.3) is 0 Å². The first kappa shape index (κ1) is 19.8. The Balaban J connectivity index is 2.45. The van der Waals surface area contributed by atoms with Gasteiger partial charge in [-0.2, -0.15) is 5.26 Å². The zero-order chi connectivity index (χ0) is 19.1. The van der Waals surface area contributed by atoms with Crippen LogP contribution in [0.3, 0.4) is 0 Å². The van der Waals surface area contributed by atoms with E-state index in [1.54, 1.807) is 30.3 Å². The first-order valence-corrected chi connectivity index (χ1v) is 8.85. The summed E-state index contributed by atoms with van der Waals surface area (Å²) in [5.74, 6) is -0.687. The van der Waals surface area contributed by atoms with Crippen LogP contribution in [0.15, 0.2) is 40.9 Å². The number of nitrogens with zero attached hydrogens (tertiary/aromatic N) is 1. The topological polar surface area (TPSA) is 103 Å². The Morgan fingerprint density at radius 1 is 1.35 bits per heavy atom. The second-order valence-electron chi connectivity index (χ2n) is 5.53. The molecule has 6 nitrogen and oxygen atoms in total. The van der Waals surface area contributed by atoms with Gasteiger partial charge in [0.1, 0.15) is 12.4 Å². The number of ether oxygens (including phenoxy) is 1. The number of aliphatic hydroxyl groups excluding tert-OH is 1. The van der Waals surface area contributed by atoms with Crippen LogP contribution in [0.4, 0.5) is 5.69 Å². The van der Waals surface area contributed by atoms with Crippen molar-refractivity contribution in [2.75, 3.05) is 18.5 Å². The monoisotopic (exact) mass is 418 g/mol. The van der Waals surface area contributed by atoms with Crippen molar-refractivity contribution in [1.82, 2.24) is 0 Å². The maximum absolute atomic E-state index is 11.9. The fourth-order valence-electron chi connectivity index (χ4n) is 2.47. The van der Waals surface area contributed by atoms with Crippen LogP contribution in [-0.2, 0) is 11.2 Å². The summed E-state index contributed by atoms with van der Waals surface area (Å²) in [4.78, 5) is 11.9. The van der Waals surface area contributed by atoms with Gasteiger partial charge in [-0.3, -0.25) is 0 Å². The largest absolute Gasteiger partial charge is 0.490 e. The van der Waals surface area contributed by atoms with Crippen LogP contribution in [0.2, 0.25) is 0 Å². The smallest absolute Gasteiger partial charge is 0.330 e. The summed E-state index contributed by atoms with van der Waals surface area (Å²) in [5.41, 5.74) is 2.48. The van der Waals surface area contributed by atoms with Crippen molar-refractivity contribution >= 4 is 27.6 Å². The Morgan fingerprint density at radius 2 is 2.04 bits per heavy atom. The third-order valence-corrected chi connectivity index (χ3v) is 4.35. The van der Waals surface area contributed by atoms with Crippen LogP contribution < -0.4 is 10.1 Å². The first-order chi connectivity index (χ1) is 12.5. The molecule has 0 radical (unpaired) electrons. The van der Waals surface area contributed by atoms with Gasteiger partial charge in [0, 0.05) is 11.3 Å². The highest BCUT2D eigenvalue weighted by atomic mass is 79.9. The number of benzene rings is 2. The molecular formula is C19H19BrN2O4. The number of anilines is 1. The summed E-state index contributed by atoms with van der Waals surface area (Å²) in [7, 11) is 0. The van der Waals surface area contributed by atoms with E-state index in [9.17, 15) is 9.90 Å². The quantitative estimate of drug-likeness (QED) is 0.606. The van der Waals surface area contributed by atoms with Crippen LogP contribution in [0.1, 0.15) is 29.7 Å². The number of carboxylic acid groups (broad SMARTS) is 1. The molecule has 0 spiro atoms. The minimum atomic E-state index is -1.07. The van der Waals surface area contributed by atoms with E-state index in [1.165, 1.54) is 0 Å². The van der Waals surface area contributed by atoms with Crippen molar-refractivity contribution in [2.45, 2.75) is 19.4 Å². The Bertz CT molecular complexity index is 816. The number of aliphatic carboxylic acids is 1. The van der Waals surface area contributed by atoms with E-state index in [-0.39, 0.29) is 13.2 Å². The van der Waals surface area contributed by atoms with Gasteiger partial charge < -0.3 is 20.3 Å². The Morgan fingerprint density at radius 3 is 2.58 bits per heavy atom. The molecule has 0 amide bonds. The molecule has 0 fully saturated rings. The number of aryl methyl sites for hydroxylation is 1. The van der Waals surface area contributed by atoms with Crippen molar-refractivity contribution in [3.05, 3.63) is 57.6 Å². The molecule has 0 bridgehead atoms. The summed E-state index contributed by atoms with van der Waals surface area (Å²) in [5, 5.41) is 30.6. The predicted octanol–water partition coefficient (Wildman–Crippen LogP) is 3.49. The van der Waals surface area contributed by atoms with Gasteiger partial charge in [-0.25, -0.2) is 4.79 Å². The zero-order valence-electron chi connectivity index (χ0n) is 14.2. The molecular weight excluding hydrogens is 400 g/mol. The van der Waals surface area contributed by atoms with E-state index in [1.807, 2.05) is 19.1 Å². The van der Waals surface area contributed by atoms with Crippen molar-refractivity contribution in [1.29, 1.82) is 5.26 Å². The van der Waals surface area contributed by atoms with E-state index < -0.39 is 12.0 Å². The van der Waals surface area contributed by atoms with Gasteiger partial charge in [0.05, 0.1) is 22.7 Å². The highest BCUT2D eigenvalue weighted by Crippen LogP contribution is 2.36. The standard InChI is InChI=1S/C19H19BrN2O4/c1-2-12-9-15(18(16(20)10-12)26-8-7-23)17(19(24)25)22-14-5-3-13(11-21)4-6-14/h3-6,9-10,17,22-23H,2,7-8H2,1H3,(H,24,25). The predicted molar refractivity (Wildman–Crippen MR) is 101 cm³/mol. The molecule has 0 aliphatic carbocycles. The van der Waals surface area contributed by atoms with Gasteiger partial charge in [-0.15, -0.1) is 0 Å². The maximum Gasteiger partial charge on any atom is 0.330 e. The molecule has 2 aromatic rings. The fourth-order valence-corrected chi connectivity index (χ4v) is 3.11. The number of aliphatic hydroxyl groups is 1. The van der Waals surface area contributed by atoms with Gasteiger partial charge in [0.15, 0.2) is 6.04 Å². The van der Waals surface area contributed by atoms with Gasteiger partial charge in [-0.1, -0.05) is 6.92 Å². The highest BCUT2D eigenvalue weighted by molar-refractivity contribution is 9.10. The lowest BCUT2D eigenvalue weighted by Crippen LogP contribution is -2.22. The van der Waals surface area contributed by atoms with E-state index in [2.05, 4.69) is 21.2 Å². The molecule has 26 heavy (non-hydrogen) atoms. The van der Waals surface area contributed by atoms with Gasteiger partial charge >= 0.3 is 5.97 Å². The number of hydrogen-bond donors (Lipinski definition) is 3. The van der Waals surface area contributed by atoms with E-state index >= 15 is 0 Å². The van der Waals surface area contributed by atoms with Crippen LogP contribution in [0, 0.1) is 11.3 Å². The molecule has 0 aromatic heterocycles. The number of carboxylic acids is 1. The average molecular weight is 419 g/mol. The van der Waals surface area contributed by atoms with Crippen molar-refractivity contribution in [2.24, 2.45) is 0 Å². The summed E-state index contributed by atoms with van der Waals surface area (Å²) in [6.07, 6.45) is 0.731. The summed E-state index contributed by atoms with van der Waals surface area (Å²) < 4.78 is 6.21. The molecule has 0 aliphatic heterocycles. The molecule has 2 rings (SSSR count). The number of hydrogen-bond acceptors (Lipinski definition) is 5. The first-order valence-electron chi connectivity index (χ1n) is 8.05. The molecule has 0 saturated carbocycles. The zero-order valence-corrected chi connectivity index (χ0v) is 15.8. The van der Waals surface area contributed by atoms with E-state index in [0.29, 0.717) is 27.0 Å². The van der Waals surface area contributed by atoms with Crippen LogP contribution >= 0.6 is 15.9 Å². The lowest BCUT2D eigenvalue weighted by atomic mass is 10.0. The number of nitrogens with one attached hydrogen (secondary N) is 1. The molecule has 7 heteroatoms. The second-order valence-corrected chi connectivity index (χ2v) is 6.38. The summed E-state index contributed by atoms with van der Waals surface area (Å²) >= 11 is 3.43. The third kappa shape index (κ3) is 4.75. The number of halogens is 1. The molecule has 2 aromatic carbocycles. The molecule has 136 valence electrons. The Kier molecular flexibility index (Phi) is 7.01. The maximum atomic E-state index is 11.9. The van der Waals surface area contributed by atoms with Crippen molar-refractivity contribution in [3.8, 4) is 11.8 Å². The number of carbonyl (C=O) groups is 1. The SMILES string of the molecule is CCc1cc(Br)c(OCCO)c(C(Nc2ccc(C#N)cc2)C(=O)O)c1. The minimum absolute atomic E-state index is 0.0558. The Labute approximate surface area is 160 Å². The van der Waals surface area contributed by atoms with Crippen LogP contribution in [0.25, 0.3) is 0 Å². The van der Waals surface area contributed by atoms with Gasteiger partial charge in [-0.05, 0) is 64.3 Å². The third-order valence-electron chi connectivity index (χ3n) is 3.76.